The maximum Gasteiger partial charge on any atom is 0.433 e. The van der Waals surface area contributed by atoms with Gasteiger partial charge in [-0.1, -0.05) is 42.0 Å². The number of hydrogen-bond acceptors (Lipinski definition) is 3. The number of benzene rings is 2. The predicted molar refractivity (Wildman–Crippen MR) is 127 cm³/mol. The number of rotatable bonds is 8. The van der Waals surface area contributed by atoms with Crippen LogP contribution in [0.15, 0.2) is 54.6 Å². The minimum atomic E-state index is -4.60. The van der Waals surface area contributed by atoms with E-state index in [4.69, 9.17) is 0 Å². The molecule has 0 radical (unpaired) electrons. The SMILES string of the molecule is Cc1cccc(-c2nc(C(F)(F)F)ccc2CNC(=O)[C@H](C)c2ccc(CNS(C)=O)c(F)c2)c1. The number of nitrogens with one attached hydrogen (secondary N) is 2. The van der Waals surface area contributed by atoms with Crippen molar-refractivity contribution in [3.8, 4) is 11.3 Å². The van der Waals surface area contributed by atoms with Crippen LogP contribution in [0.4, 0.5) is 17.6 Å². The molecule has 1 heterocycles. The van der Waals surface area contributed by atoms with Crippen LogP contribution in [0.1, 0.15) is 40.8 Å². The van der Waals surface area contributed by atoms with Gasteiger partial charge in [-0.25, -0.2) is 18.3 Å². The number of pyridine rings is 1. The number of alkyl halides is 3. The average molecular weight is 508 g/mol. The molecule has 186 valence electrons. The van der Waals surface area contributed by atoms with E-state index >= 15 is 0 Å². The van der Waals surface area contributed by atoms with Gasteiger partial charge in [-0.15, -0.1) is 0 Å². The molecule has 0 aliphatic carbocycles. The Morgan fingerprint density at radius 2 is 1.77 bits per heavy atom. The molecule has 1 unspecified atom stereocenters. The topological polar surface area (TPSA) is 71.1 Å². The van der Waals surface area contributed by atoms with Gasteiger partial charge in [0.15, 0.2) is 0 Å². The number of carbonyl (C=O) groups is 1. The van der Waals surface area contributed by atoms with Gasteiger partial charge in [-0.3, -0.25) is 4.79 Å². The van der Waals surface area contributed by atoms with E-state index in [1.54, 1.807) is 31.2 Å². The van der Waals surface area contributed by atoms with Gasteiger partial charge in [0, 0.05) is 30.5 Å². The van der Waals surface area contributed by atoms with Crippen LogP contribution in [0.3, 0.4) is 0 Å². The van der Waals surface area contributed by atoms with Gasteiger partial charge >= 0.3 is 6.18 Å². The summed E-state index contributed by atoms with van der Waals surface area (Å²) in [5.74, 6) is -1.66. The van der Waals surface area contributed by atoms with E-state index in [1.807, 2.05) is 13.0 Å². The van der Waals surface area contributed by atoms with E-state index in [9.17, 15) is 26.6 Å². The van der Waals surface area contributed by atoms with Crippen molar-refractivity contribution in [3.63, 3.8) is 0 Å². The molecule has 0 aliphatic rings. The molecule has 0 saturated carbocycles. The number of hydrogen-bond donors (Lipinski definition) is 2. The first-order valence-corrected chi connectivity index (χ1v) is 12.3. The molecule has 3 aromatic rings. The van der Waals surface area contributed by atoms with Crippen molar-refractivity contribution in [2.24, 2.45) is 0 Å². The summed E-state index contributed by atoms with van der Waals surface area (Å²) in [5.41, 5.74) is 1.65. The molecule has 1 amide bonds. The van der Waals surface area contributed by atoms with Gasteiger partial charge in [0.2, 0.25) is 5.91 Å². The Hall–Kier alpha value is -3.11. The Morgan fingerprint density at radius 3 is 2.40 bits per heavy atom. The lowest BCUT2D eigenvalue weighted by molar-refractivity contribution is -0.141. The lowest BCUT2D eigenvalue weighted by Crippen LogP contribution is -2.28. The maximum atomic E-state index is 14.4. The Bertz CT molecular complexity index is 1250. The molecule has 10 heteroatoms. The second-order valence-corrected chi connectivity index (χ2v) is 9.33. The molecule has 5 nitrogen and oxygen atoms in total. The van der Waals surface area contributed by atoms with Gasteiger partial charge in [-0.05, 0) is 43.2 Å². The Labute approximate surface area is 203 Å². The zero-order valence-corrected chi connectivity index (χ0v) is 20.2. The molecule has 0 spiro atoms. The van der Waals surface area contributed by atoms with Crippen molar-refractivity contribution in [1.82, 2.24) is 15.0 Å². The molecule has 0 saturated heterocycles. The summed E-state index contributed by atoms with van der Waals surface area (Å²) in [6.07, 6.45) is -3.16. The highest BCUT2D eigenvalue weighted by atomic mass is 32.2. The zero-order chi connectivity index (χ0) is 25.8. The summed E-state index contributed by atoms with van der Waals surface area (Å²) >= 11 is 0. The van der Waals surface area contributed by atoms with E-state index in [-0.39, 0.29) is 18.8 Å². The first kappa shape index (κ1) is 26.5. The number of nitrogens with zero attached hydrogens (tertiary/aromatic N) is 1. The highest BCUT2D eigenvalue weighted by Gasteiger charge is 2.33. The first-order valence-electron chi connectivity index (χ1n) is 10.7. The minimum absolute atomic E-state index is 0.0512. The van der Waals surface area contributed by atoms with Crippen LogP contribution in [-0.2, 0) is 35.0 Å². The van der Waals surface area contributed by atoms with Crippen molar-refractivity contribution >= 4 is 16.9 Å². The van der Waals surface area contributed by atoms with Gasteiger partial charge in [0.1, 0.15) is 11.5 Å². The summed E-state index contributed by atoms with van der Waals surface area (Å²) in [6.45, 7) is 3.46. The Balaban J connectivity index is 1.79. The monoisotopic (exact) mass is 507 g/mol. The van der Waals surface area contributed by atoms with Crippen molar-refractivity contribution in [2.45, 2.75) is 39.0 Å². The van der Waals surface area contributed by atoms with Gasteiger partial charge < -0.3 is 5.32 Å². The molecule has 3 rings (SSSR count). The molecular formula is C25H25F4N3O2S. The van der Waals surface area contributed by atoms with Gasteiger partial charge in [0.05, 0.1) is 22.6 Å². The number of aromatic nitrogens is 1. The third-order valence-corrected chi connectivity index (χ3v) is 6.00. The van der Waals surface area contributed by atoms with E-state index in [0.717, 1.165) is 11.6 Å². The highest BCUT2D eigenvalue weighted by molar-refractivity contribution is 7.82. The largest absolute Gasteiger partial charge is 0.433 e. The van der Waals surface area contributed by atoms with Crippen LogP contribution in [-0.4, -0.2) is 21.4 Å². The molecule has 2 aromatic carbocycles. The molecule has 1 aromatic heterocycles. The predicted octanol–water partition coefficient (Wildman–Crippen LogP) is 5.02. The summed E-state index contributed by atoms with van der Waals surface area (Å²) in [7, 11) is -1.29. The Kier molecular flexibility index (Phi) is 8.39. The maximum absolute atomic E-state index is 14.4. The molecule has 2 atom stereocenters. The molecule has 2 N–H and O–H groups in total. The molecular weight excluding hydrogens is 482 g/mol. The molecule has 0 fully saturated rings. The van der Waals surface area contributed by atoms with Crippen molar-refractivity contribution in [3.05, 3.63) is 88.4 Å². The Morgan fingerprint density at radius 1 is 1.06 bits per heavy atom. The number of aryl methyl sites for hydroxylation is 1. The van der Waals surface area contributed by atoms with Crippen LogP contribution in [0.5, 0.6) is 0 Å². The van der Waals surface area contributed by atoms with Crippen molar-refractivity contribution in [1.29, 1.82) is 0 Å². The zero-order valence-electron chi connectivity index (χ0n) is 19.4. The van der Waals surface area contributed by atoms with E-state index < -0.39 is 40.5 Å². The molecule has 0 bridgehead atoms. The standard InChI is InChI=1S/C25H25F4N3O2S/c1-15-5-4-6-18(11-15)23-20(9-10-22(32-23)25(27,28)29)13-30-24(33)16(2)17-7-8-19(21(26)12-17)14-31-35(3)34/h4-12,16,31H,13-14H2,1-3H3,(H,30,33)/t16-,35?/m1/s1. The average Bonchev–Trinajstić information content (AvgIpc) is 2.80. The summed E-state index contributed by atoms with van der Waals surface area (Å²) in [5, 5.41) is 2.72. The van der Waals surface area contributed by atoms with E-state index in [0.29, 0.717) is 22.3 Å². The van der Waals surface area contributed by atoms with E-state index in [2.05, 4.69) is 15.0 Å². The first-order chi connectivity index (χ1) is 16.5. The summed E-state index contributed by atoms with van der Waals surface area (Å²) in [4.78, 5) is 16.6. The van der Waals surface area contributed by atoms with Crippen LogP contribution < -0.4 is 10.0 Å². The second-order valence-electron chi connectivity index (χ2n) is 8.14. The lowest BCUT2D eigenvalue weighted by Gasteiger charge is -2.16. The van der Waals surface area contributed by atoms with Gasteiger partial charge in [0.25, 0.3) is 0 Å². The van der Waals surface area contributed by atoms with Crippen LogP contribution in [0.25, 0.3) is 11.3 Å². The number of halogens is 4. The van der Waals surface area contributed by atoms with Crippen LogP contribution in [0, 0.1) is 12.7 Å². The fourth-order valence-electron chi connectivity index (χ4n) is 3.47. The summed E-state index contributed by atoms with van der Waals surface area (Å²) < 4.78 is 68.0. The smallest absolute Gasteiger partial charge is 0.351 e. The van der Waals surface area contributed by atoms with Gasteiger partial charge in [-0.2, -0.15) is 13.2 Å². The van der Waals surface area contributed by atoms with Crippen molar-refractivity contribution < 1.29 is 26.6 Å². The normalized spacial score (nSPS) is 13.3. The third kappa shape index (κ3) is 6.95. The van der Waals surface area contributed by atoms with E-state index in [1.165, 1.54) is 24.5 Å². The minimum Gasteiger partial charge on any atom is -0.351 e. The fourth-order valence-corrected chi connectivity index (χ4v) is 3.83. The third-order valence-electron chi connectivity index (χ3n) is 5.45. The fraction of sp³-hybridized carbons (Fsp3) is 0.280. The molecule has 35 heavy (non-hydrogen) atoms. The van der Waals surface area contributed by atoms with Crippen LogP contribution >= 0.6 is 0 Å². The number of carbonyl (C=O) groups excluding carboxylic acids is 1. The van der Waals surface area contributed by atoms with Crippen LogP contribution in [0.2, 0.25) is 0 Å². The quantitative estimate of drug-likeness (QED) is 0.421. The number of amides is 1. The molecule has 0 aliphatic heterocycles. The van der Waals surface area contributed by atoms with Crippen molar-refractivity contribution in [2.75, 3.05) is 6.26 Å². The summed E-state index contributed by atoms with van der Waals surface area (Å²) in [6, 6.07) is 13.5. The second kappa shape index (κ2) is 11.1. The highest BCUT2D eigenvalue weighted by Crippen LogP contribution is 2.31. The lowest BCUT2D eigenvalue weighted by atomic mass is 9.98.